The Balaban J connectivity index is 2.22. The monoisotopic (exact) mass is 280 g/mol. The standard InChI is InChI=1S/C14H20N2O4/c1-8-11(9(2)20-16-8)12(17)15-14(3)7-5-4-6-10(14)13(18)19/h10H,4-7H2,1-3H3,(H,15,17)(H,18,19). The van der Waals surface area contributed by atoms with E-state index in [9.17, 15) is 14.7 Å². The molecular formula is C14H20N2O4. The molecule has 1 amide bonds. The van der Waals surface area contributed by atoms with Crippen LogP contribution in [-0.4, -0.2) is 27.7 Å². The number of nitrogens with one attached hydrogen (secondary N) is 1. The third-order valence-electron chi connectivity index (χ3n) is 4.17. The van der Waals surface area contributed by atoms with Gasteiger partial charge in [0.05, 0.1) is 17.2 Å². The van der Waals surface area contributed by atoms with Crippen molar-refractivity contribution in [3.63, 3.8) is 0 Å². The summed E-state index contributed by atoms with van der Waals surface area (Å²) in [4.78, 5) is 23.8. The van der Waals surface area contributed by atoms with Crippen LogP contribution >= 0.6 is 0 Å². The summed E-state index contributed by atoms with van der Waals surface area (Å²) in [6.45, 7) is 5.18. The number of carbonyl (C=O) groups excluding carboxylic acids is 1. The summed E-state index contributed by atoms with van der Waals surface area (Å²) in [7, 11) is 0. The molecule has 110 valence electrons. The molecule has 6 nitrogen and oxygen atoms in total. The van der Waals surface area contributed by atoms with E-state index in [0.717, 1.165) is 12.8 Å². The zero-order valence-corrected chi connectivity index (χ0v) is 12.0. The van der Waals surface area contributed by atoms with Crippen LogP contribution in [-0.2, 0) is 4.79 Å². The van der Waals surface area contributed by atoms with Crippen molar-refractivity contribution in [1.82, 2.24) is 10.5 Å². The van der Waals surface area contributed by atoms with Gasteiger partial charge in [-0.15, -0.1) is 0 Å². The Kier molecular flexibility index (Phi) is 3.83. The fraction of sp³-hybridized carbons (Fsp3) is 0.643. The number of aromatic nitrogens is 1. The molecule has 0 aromatic carbocycles. The number of nitrogens with zero attached hydrogens (tertiary/aromatic N) is 1. The van der Waals surface area contributed by atoms with Crippen molar-refractivity contribution in [2.75, 3.05) is 0 Å². The lowest BCUT2D eigenvalue weighted by atomic mass is 9.73. The first kappa shape index (κ1) is 14.6. The summed E-state index contributed by atoms with van der Waals surface area (Å²) in [6, 6.07) is 0. The highest BCUT2D eigenvalue weighted by Crippen LogP contribution is 2.34. The average Bonchev–Trinajstić information content (AvgIpc) is 2.68. The molecule has 6 heteroatoms. The second-order valence-corrected chi connectivity index (χ2v) is 5.71. The summed E-state index contributed by atoms with van der Waals surface area (Å²) in [5.74, 6) is -1.27. The Morgan fingerprint density at radius 2 is 2.10 bits per heavy atom. The van der Waals surface area contributed by atoms with Crippen molar-refractivity contribution in [1.29, 1.82) is 0 Å². The van der Waals surface area contributed by atoms with Crippen molar-refractivity contribution >= 4 is 11.9 Å². The zero-order valence-electron chi connectivity index (χ0n) is 12.0. The molecule has 1 heterocycles. The highest BCUT2D eigenvalue weighted by molar-refractivity contribution is 5.96. The lowest BCUT2D eigenvalue weighted by Crippen LogP contribution is -2.55. The number of amides is 1. The third-order valence-corrected chi connectivity index (χ3v) is 4.17. The van der Waals surface area contributed by atoms with Gasteiger partial charge in [-0.2, -0.15) is 0 Å². The van der Waals surface area contributed by atoms with E-state index in [1.54, 1.807) is 20.8 Å². The van der Waals surface area contributed by atoms with E-state index < -0.39 is 17.4 Å². The van der Waals surface area contributed by atoms with E-state index in [2.05, 4.69) is 10.5 Å². The molecule has 1 saturated carbocycles. The molecule has 2 N–H and O–H groups in total. The molecule has 2 atom stereocenters. The first-order chi connectivity index (χ1) is 9.35. The molecule has 2 unspecified atom stereocenters. The largest absolute Gasteiger partial charge is 0.481 e. The Bertz CT molecular complexity index is 518. The summed E-state index contributed by atoms with van der Waals surface area (Å²) < 4.78 is 4.99. The van der Waals surface area contributed by atoms with Crippen LogP contribution in [0.2, 0.25) is 0 Å². The Morgan fingerprint density at radius 1 is 1.40 bits per heavy atom. The van der Waals surface area contributed by atoms with E-state index in [4.69, 9.17) is 4.52 Å². The average molecular weight is 280 g/mol. The highest BCUT2D eigenvalue weighted by Gasteiger charge is 2.42. The molecule has 0 saturated heterocycles. The SMILES string of the molecule is Cc1noc(C)c1C(=O)NC1(C)CCCCC1C(=O)O. The van der Waals surface area contributed by atoms with E-state index >= 15 is 0 Å². The maximum absolute atomic E-state index is 12.4. The lowest BCUT2D eigenvalue weighted by molar-refractivity contribution is -0.145. The van der Waals surface area contributed by atoms with Crippen LogP contribution in [0.1, 0.15) is 54.4 Å². The maximum atomic E-state index is 12.4. The summed E-state index contributed by atoms with van der Waals surface area (Å²) in [5.41, 5.74) is 0.198. The van der Waals surface area contributed by atoms with Gasteiger partial charge in [0.1, 0.15) is 11.3 Å². The molecule has 2 rings (SSSR count). The predicted molar refractivity (Wildman–Crippen MR) is 71.4 cm³/mol. The highest BCUT2D eigenvalue weighted by atomic mass is 16.5. The fourth-order valence-electron chi connectivity index (χ4n) is 3.01. The third kappa shape index (κ3) is 2.55. The Hall–Kier alpha value is -1.85. The number of aliphatic carboxylic acids is 1. The second kappa shape index (κ2) is 5.26. The van der Waals surface area contributed by atoms with E-state index in [1.165, 1.54) is 0 Å². The molecule has 1 aliphatic rings. The number of hydrogen-bond acceptors (Lipinski definition) is 4. The molecule has 1 aromatic rings. The van der Waals surface area contributed by atoms with Gasteiger partial charge in [-0.25, -0.2) is 0 Å². The fourth-order valence-corrected chi connectivity index (χ4v) is 3.01. The van der Waals surface area contributed by atoms with Gasteiger partial charge in [-0.3, -0.25) is 9.59 Å². The molecule has 1 aromatic heterocycles. The van der Waals surface area contributed by atoms with Gasteiger partial charge in [-0.1, -0.05) is 18.0 Å². The van der Waals surface area contributed by atoms with Crippen molar-refractivity contribution < 1.29 is 19.2 Å². The Labute approximate surface area is 117 Å². The topological polar surface area (TPSA) is 92.4 Å². The predicted octanol–water partition coefficient (Wildman–Crippen LogP) is 2.05. The maximum Gasteiger partial charge on any atom is 0.308 e. The van der Waals surface area contributed by atoms with Crippen LogP contribution in [0.3, 0.4) is 0 Å². The van der Waals surface area contributed by atoms with Crippen molar-refractivity contribution in [3.8, 4) is 0 Å². The minimum Gasteiger partial charge on any atom is -0.481 e. The summed E-state index contributed by atoms with van der Waals surface area (Å²) in [5, 5.41) is 16.0. The van der Waals surface area contributed by atoms with Crippen molar-refractivity contribution in [2.45, 2.75) is 52.0 Å². The molecule has 20 heavy (non-hydrogen) atoms. The molecule has 0 spiro atoms. The summed E-state index contributed by atoms with van der Waals surface area (Å²) >= 11 is 0. The second-order valence-electron chi connectivity index (χ2n) is 5.71. The van der Waals surface area contributed by atoms with Gasteiger partial charge in [-0.05, 0) is 33.6 Å². The molecule has 0 aliphatic heterocycles. The van der Waals surface area contributed by atoms with Crippen LogP contribution in [0.15, 0.2) is 4.52 Å². The van der Waals surface area contributed by atoms with Gasteiger partial charge in [0, 0.05) is 0 Å². The van der Waals surface area contributed by atoms with Crippen molar-refractivity contribution in [2.24, 2.45) is 5.92 Å². The molecule has 0 radical (unpaired) electrons. The van der Waals surface area contributed by atoms with Crippen LogP contribution in [0.5, 0.6) is 0 Å². The van der Waals surface area contributed by atoms with Gasteiger partial charge >= 0.3 is 5.97 Å². The number of carboxylic acids is 1. The van der Waals surface area contributed by atoms with Crippen LogP contribution in [0, 0.1) is 19.8 Å². The number of hydrogen-bond donors (Lipinski definition) is 2. The number of carbonyl (C=O) groups is 2. The normalized spacial score (nSPS) is 26.2. The van der Waals surface area contributed by atoms with Gasteiger partial charge < -0.3 is 14.9 Å². The quantitative estimate of drug-likeness (QED) is 0.884. The summed E-state index contributed by atoms with van der Waals surface area (Å²) in [6.07, 6.45) is 3.06. The zero-order chi connectivity index (χ0) is 14.9. The van der Waals surface area contributed by atoms with E-state index in [-0.39, 0.29) is 5.91 Å². The van der Waals surface area contributed by atoms with Gasteiger partial charge in [0.2, 0.25) is 0 Å². The smallest absolute Gasteiger partial charge is 0.308 e. The molecular weight excluding hydrogens is 260 g/mol. The Morgan fingerprint density at radius 3 is 2.65 bits per heavy atom. The lowest BCUT2D eigenvalue weighted by Gasteiger charge is -2.39. The van der Waals surface area contributed by atoms with E-state index in [0.29, 0.717) is 29.9 Å². The van der Waals surface area contributed by atoms with E-state index in [1.807, 2.05) is 0 Å². The van der Waals surface area contributed by atoms with Crippen molar-refractivity contribution in [3.05, 3.63) is 17.0 Å². The molecule has 1 aliphatic carbocycles. The van der Waals surface area contributed by atoms with Gasteiger partial charge in [0.25, 0.3) is 5.91 Å². The minimum absolute atomic E-state index is 0.308. The van der Waals surface area contributed by atoms with Gasteiger partial charge in [0.15, 0.2) is 0 Å². The number of rotatable bonds is 3. The molecule has 1 fully saturated rings. The van der Waals surface area contributed by atoms with Crippen LogP contribution < -0.4 is 5.32 Å². The minimum atomic E-state index is -0.855. The van der Waals surface area contributed by atoms with Crippen LogP contribution in [0.4, 0.5) is 0 Å². The number of aryl methyl sites for hydroxylation is 2. The van der Waals surface area contributed by atoms with Crippen LogP contribution in [0.25, 0.3) is 0 Å². The molecule has 0 bridgehead atoms. The first-order valence-electron chi connectivity index (χ1n) is 6.83. The number of carboxylic acid groups (broad SMARTS) is 1. The first-order valence-corrected chi connectivity index (χ1v) is 6.83.